The van der Waals surface area contributed by atoms with Crippen molar-refractivity contribution in [2.24, 2.45) is 0 Å². The van der Waals surface area contributed by atoms with Crippen LogP contribution in [0.4, 0.5) is 0 Å². The summed E-state index contributed by atoms with van der Waals surface area (Å²) in [6.45, 7) is 8.82. The molecule has 0 unspecified atom stereocenters. The van der Waals surface area contributed by atoms with Gasteiger partial charge in [0.15, 0.2) is 0 Å². The first-order chi connectivity index (χ1) is 3.31. The van der Waals surface area contributed by atoms with E-state index in [1.54, 1.807) is 13.0 Å². The summed E-state index contributed by atoms with van der Waals surface area (Å²) in [6.07, 6.45) is 1.64. The van der Waals surface area contributed by atoms with Gasteiger partial charge >= 0.3 is 0 Å². The molecule has 0 bridgehead atoms. The van der Waals surface area contributed by atoms with Crippen molar-refractivity contribution in [1.29, 1.82) is 0 Å². The molecule has 0 nitrogen and oxygen atoms in total. The average molecular weight is 92.1 g/mol. The molecule has 0 N–H and O–H groups in total. The summed E-state index contributed by atoms with van der Waals surface area (Å²) in [5, 5.41) is 0. The van der Waals surface area contributed by atoms with Gasteiger partial charge in [-0.3, -0.25) is 0 Å². The van der Waals surface area contributed by atoms with Crippen LogP contribution in [0.15, 0.2) is 24.8 Å². The lowest BCUT2D eigenvalue weighted by Gasteiger charge is -1.74. The van der Waals surface area contributed by atoms with Gasteiger partial charge in [0, 0.05) is 5.57 Å². The molecule has 0 saturated carbocycles. The zero-order chi connectivity index (χ0) is 5.70. The second kappa shape index (κ2) is 3.24. The van der Waals surface area contributed by atoms with Crippen LogP contribution in [0.2, 0.25) is 0 Å². The van der Waals surface area contributed by atoms with Crippen LogP contribution < -0.4 is 0 Å². The number of hydrogen-bond acceptors (Lipinski definition) is 0. The smallest absolute Gasteiger partial charge is 0.0167 e. The SMILES string of the molecule is C=CC(=C)C#CC. The van der Waals surface area contributed by atoms with Crippen LogP contribution in [0, 0.1) is 11.8 Å². The molecular weight excluding hydrogens is 84.1 g/mol. The van der Waals surface area contributed by atoms with Gasteiger partial charge < -0.3 is 0 Å². The predicted molar refractivity (Wildman–Crippen MR) is 32.8 cm³/mol. The van der Waals surface area contributed by atoms with Gasteiger partial charge in [0.2, 0.25) is 0 Å². The summed E-state index contributed by atoms with van der Waals surface area (Å²) < 4.78 is 0. The summed E-state index contributed by atoms with van der Waals surface area (Å²) in [6, 6.07) is 0. The Labute approximate surface area is 44.5 Å². The molecule has 0 rings (SSSR count). The Morgan fingerprint density at radius 1 is 1.71 bits per heavy atom. The Morgan fingerprint density at radius 2 is 2.29 bits per heavy atom. The molecule has 7 heavy (non-hydrogen) atoms. The van der Waals surface area contributed by atoms with Crippen LogP contribution in [0.25, 0.3) is 0 Å². The van der Waals surface area contributed by atoms with Crippen LogP contribution in [0.5, 0.6) is 0 Å². The third kappa shape index (κ3) is 2.85. The fourth-order valence-electron chi connectivity index (χ4n) is 0.212. The standard InChI is InChI=1S/C7H8/c1-4-6-7(3)5-2/h5H,2-3H2,1H3. The van der Waals surface area contributed by atoms with Crippen molar-refractivity contribution in [3.8, 4) is 11.8 Å². The highest BCUT2D eigenvalue weighted by molar-refractivity contribution is 5.33. The Kier molecular flexibility index (Phi) is 2.79. The van der Waals surface area contributed by atoms with Crippen molar-refractivity contribution in [2.45, 2.75) is 6.92 Å². The topological polar surface area (TPSA) is 0 Å². The third-order valence-electron chi connectivity index (χ3n) is 0.532. The van der Waals surface area contributed by atoms with Crippen LogP contribution in [-0.4, -0.2) is 0 Å². The Bertz CT molecular complexity index is 130. The molecule has 0 heterocycles. The van der Waals surface area contributed by atoms with Crippen molar-refractivity contribution in [3.05, 3.63) is 24.8 Å². The van der Waals surface area contributed by atoms with Crippen molar-refractivity contribution in [3.63, 3.8) is 0 Å². The van der Waals surface area contributed by atoms with Crippen LogP contribution in [0.1, 0.15) is 6.92 Å². The maximum absolute atomic E-state index is 3.57. The molecule has 0 aromatic heterocycles. The van der Waals surface area contributed by atoms with E-state index in [-0.39, 0.29) is 0 Å². The zero-order valence-electron chi connectivity index (χ0n) is 4.49. The minimum Gasteiger partial charge on any atom is -0.101 e. The lowest BCUT2D eigenvalue weighted by Crippen LogP contribution is -1.60. The maximum atomic E-state index is 3.57. The van der Waals surface area contributed by atoms with Crippen LogP contribution in [-0.2, 0) is 0 Å². The summed E-state index contributed by atoms with van der Waals surface area (Å²) >= 11 is 0. The summed E-state index contributed by atoms with van der Waals surface area (Å²) in [7, 11) is 0. The molecule has 0 spiro atoms. The monoisotopic (exact) mass is 92.1 g/mol. The Morgan fingerprint density at radius 3 is 2.43 bits per heavy atom. The van der Waals surface area contributed by atoms with Gasteiger partial charge in [-0.25, -0.2) is 0 Å². The van der Waals surface area contributed by atoms with E-state index in [1.165, 1.54) is 0 Å². The summed E-state index contributed by atoms with van der Waals surface area (Å²) in [5.74, 6) is 5.43. The highest BCUT2D eigenvalue weighted by Crippen LogP contribution is 1.83. The molecule has 0 aromatic carbocycles. The maximum Gasteiger partial charge on any atom is 0.0167 e. The van der Waals surface area contributed by atoms with Crippen molar-refractivity contribution in [2.75, 3.05) is 0 Å². The number of hydrogen-bond donors (Lipinski definition) is 0. The van der Waals surface area contributed by atoms with E-state index in [0.717, 1.165) is 5.57 Å². The summed E-state index contributed by atoms with van der Waals surface area (Å²) in [4.78, 5) is 0. The molecule has 0 saturated heterocycles. The molecule has 0 fully saturated rings. The highest BCUT2D eigenvalue weighted by Gasteiger charge is 1.68. The lowest BCUT2D eigenvalue weighted by atomic mass is 10.3. The van der Waals surface area contributed by atoms with E-state index in [0.29, 0.717) is 0 Å². The van der Waals surface area contributed by atoms with E-state index in [4.69, 9.17) is 0 Å². The average Bonchev–Trinajstić information content (AvgIpc) is 1.68. The van der Waals surface area contributed by atoms with Gasteiger partial charge in [0.05, 0.1) is 0 Å². The number of rotatable bonds is 1. The molecule has 0 atom stereocenters. The molecular formula is C7H8. The Hall–Kier alpha value is -0.960. The Balaban J connectivity index is 3.74. The third-order valence-corrected chi connectivity index (χ3v) is 0.532. The molecule has 0 aromatic rings. The van der Waals surface area contributed by atoms with Gasteiger partial charge in [-0.2, -0.15) is 0 Å². The van der Waals surface area contributed by atoms with Crippen molar-refractivity contribution < 1.29 is 0 Å². The normalized spacial score (nSPS) is 5.86. The van der Waals surface area contributed by atoms with Crippen molar-refractivity contribution >= 4 is 0 Å². The second-order valence-electron chi connectivity index (χ2n) is 1.10. The first-order valence-corrected chi connectivity index (χ1v) is 2.05. The van der Waals surface area contributed by atoms with Crippen LogP contribution >= 0.6 is 0 Å². The van der Waals surface area contributed by atoms with Gasteiger partial charge in [-0.15, -0.1) is 5.92 Å². The molecule has 36 valence electrons. The second-order valence-corrected chi connectivity index (χ2v) is 1.10. The van der Waals surface area contributed by atoms with Crippen LogP contribution in [0.3, 0.4) is 0 Å². The van der Waals surface area contributed by atoms with E-state index < -0.39 is 0 Å². The van der Waals surface area contributed by atoms with E-state index in [2.05, 4.69) is 25.0 Å². The largest absolute Gasteiger partial charge is 0.101 e. The molecule has 0 aliphatic rings. The van der Waals surface area contributed by atoms with Gasteiger partial charge in [0.25, 0.3) is 0 Å². The first-order valence-electron chi connectivity index (χ1n) is 2.05. The zero-order valence-corrected chi connectivity index (χ0v) is 4.49. The van der Waals surface area contributed by atoms with E-state index in [9.17, 15) is 0 Å². The minimum atomic E-state index is 0.780. The fraction of sp³-hybridized carbons (Fsp3) is 0.143. The highest BCUT2D eigenvalue weighted by atomic mass is 13.7. The molecule has 0 amide bonds. The van der Waals surface area contributed by atoms with Gasteiger partial charge in [-0.1, -0.05) is 25.2 Å². The van der Waals surface area contributed by atoms with E-state index >= 15 is 0 Å². The molecule has 0 radical (unpaired) electrons. The van der Waals surface area contributed by atoms with E-state index in [1.807, 2.05) is 0 Å². The minimum absolute atomic E-state index is 0.780. The fourth-order valence-corrected chi connectivity index (χ4v) is 0.212. The first kappa shape index (κ1) is 6.04. The molecule has 0 aliphatic carbocycles. The van der Waals surface area contributed by atoms with Gasteiger partial charge in [-0.05, 0) is 6.92 Å². The number of allylic oxidation sites excluding steroid dienone is 2. The van der Waals surface area contributed by atoms with Gasteiger partial charge in [0.1, 0.15) is 0 Å². The quantitative estimate of drug-likeness (QED) is 0.341. The predicted octanol–water partition coefficient (Wildman–Crippen LogP) is 1.75. The van der Waals surface area contributed by atoms with Crippen molar-refractivity contribution in [1.82, 2.24) is 0 Å². The lowest BCUT2D eigenvalue weighted by molar-refractivity contribution is 1.83. The molecule has 0 aliphatic heterocycles. The molecule has 0 heteroatoms. The summed E-state index contributed by atoms with van der Waals surface area (Å²) in [5.41, 5.74) is 0.780.